The molecule has 4 nitrogen and oxygen atoms in total. The molecule has 1 atom stereocenters. The predicted molar refractivity (Wildman–Crippen MR) is 91.7 cm³/mol. The Hall–Kier alpha value is -1.94. The highest BCUT2D eigenvalue weighted by Gasteiger charge is 2.09. The molecule has 0 fully saturated rings. The van der Waals surface area contributed by atoms with Crippen LogP contribution in [0.25, 0.3) is 0 Å². The molecule has 0 bridgehead atoms. The summed E-state index contributed by atoms with van der Waals surface area (Å²) in [6.07, 6.45) is 7.14. The number of benzene rings is 1. The van der Waals surface area contributed by atoms with Crippen molar-refractivity contribution in [3.63, 3.8) is 0 Å². The van der Waals surface area contributed by atoms with Gasteiger partial charge in [-0.3, -0.25) is 0 Å². The monoisotopic (exact) mass is 298 g/mol. The van der Waals surface area contributed by atoms with Gasteiger partial charge in [0, 0.05) is 37.1 Å². The van der Waals surface area contributed by atoms with E-state index in [0.717, 1.165) is 37.9 Å². The SMILES string of the molecule is CCCNc1ncc(CN[C@@H](CCC)c2ccccc2)cn1. The Bertz CT molecular complexity index is 525. The third-order valence-corrected chi connectivity index (χ3v) is 3.57. The lowest BCUT2D eigenvalue weighted by atomic mass is 10.0. The molecule has 1 aromatic heterocycles. The minimum atomic E-state index is 0.379. The number of aromatic nitrogens is 2. The maximum Gasteiger partial charge on any atom is 0.222 e. The van der Waals surface area contributed by atoms with E-state index in [2.05, 4.69) is 64.8 Å². The Morgan fingerprint density at radius 1 is 1.00 bits per heavy atom. The summed E-state index contributed by atoms with van der Waals surface area (Å²) in [6.45, 7) is 6.04. The molecule has 0 aliphatic carbocycles. The number of hydrogen-bond acceptors (Lipinski definition) is 4. The Balaban J connectivity index is 1.92. The summed E-state index contributed by atoms with van der Waals surface area (Å²) in [5.41, 5.74) is 2.45. The Morgan fingerprint density at radius 2 is 1.73 bits per heavy atom. The molecular formula is C18H26N4. The van der Waals surface area contributed by atoms with Gasteiger partial charge in [-0.25, -0.2) is 9.97 Å². The van der Waals surface area contributed by atoms with E-state index in [-0.39, 0.29) is 0 Å². The van der Waals surface area contributed by atoms with Crippen LogP contribution in [0.3, 0.4) is 0 Å². The second kappa shape index (κ2) is 9.15. The Morgan fingerprint density at radius 3 is 2.36 bits per heavy atom. The lowest BCUT2D eigenvalue weighted by Crippen LogP contribution is -2.21. The van der Waals surface area contributed by atoms with Crippen LogP contribution in [0, 0.1) is 0 Å². The normalized spacial score (nSPS) is 12.1. The Kier molecular flexibility index (Phi) is 6.84. The summed E-state index contributed by atoms with van der Waals surface area (Å²) in [5.74, 6) is 0.707. The number of nitrogens with one attached hydrogen (secondary N) is 2. The number of nitrogens with zero attached hydrogens (tertiary/aromatic N) is 2. The van der Waals surface area contributed by atoms with Crippen molar-refractivity contribution in [3.8, 4) is 0 Å². The molecule has 2 N–H and O–H groups in total. The Labute approximate surface area is 133 Å². The van der Waals surface area contributed by atoms with Gasteiger partial charge in [-0.1, -0.05) is 50.6 Å². The van der Waals surface area contributed by atoms with Gasteiger partial charge in [0.15, 0.2) is 0 Å². The molecule has 4 heteroatoms. The van der Waals surface area contributed by atoms with Gasteiger partial charge in [0.05, 0.1) is 0 Å². The quantitative estimate of drug-likeness (QED) is 0.736. The van der Waals surface area contributed by atoms with Crippen LogP contribution in [0.1, 0.15) is 50.3 Å². The fourth-order valence-corrected chi connectivity index (χ4v) is 2.38. The first-order chi connectivity index (χ1) is 10.8. The van der Waals surface area contributed by atoms with Crippen LogP contribution in [-0.4, -0.2) is 16.5 Å². The summed E-state index contributed by atoms with van der Waals surface area (Å²) >= 11 is 0. The van der Waals surface area contributed by atoms with Crippen molar-refractivity contribution in [2.75, 3.05) is 11.9 Å². The number of hydrogen-bond donors (Lipinski definition) is 2. The van der Waals surface area contributed by atoms with E-state index in [1.807, 2.05) is 12.4 Å². The average Bonchev–Trinajstić information content (AvgIpc) is 2.58. The zero-order valence-electron chi connectivity index (χ0n) is 13.5. The van der Waals surface area contributed by atoms with Crippen LogP contribution in [0.2, 0.25) is 0 Å². The molecule has 0 spiro atoms. The van der Waals surface area contributed by atoms with Crippen LogP contribution in [0.15, 0.2) is 42.7 Å². The van der Waals surface area contributed by atoms with Crippen molar-refractivity contribution in [1.82, 2.24) is 15.3 Å². The molecular weight excluding hydrogens is 272 g/mol. The van der Waals surface area contributed by atoms with E-state index in [9.17, 15) is 0 Å². The molecule has 1 aromatic carbocycles. The zero-order valence-corrected chi connectivity index (χ0v) is 13.5. The summed E-state index contributed by atoms with van der Waals surface area (Å²) in [5, 5.41) is 6.81. The zero-order chi connectivity index (χ0) is 15.6. The smallest absolute Gasteiger partial charge is 0.222 e. The standard InChI is InChI=1S/C18H26N4/c1-3-8-17(16-9-6-5-7-10-16)20-12-15-13-21-18(22-14-15)19-11-4-2/h5-7,9-10,13-14,17,20H,3-4,8,11-12H2,1-2H3,(H,19,21,22)/t17-/m0/s1. The first-order valence-corrected chi connectivity index (χ1v) is 8.16. The van der Waals surface area contributed by atoms with E-state index >= 15 is 0 Å². The maximum absolute atomic E-state index is 4.35. The first kappa shape index (κ1) is 16.4. The molecule has 22 heavy (non-hydrogen) atoms. The fraction of sp³-hybridized carbons (Fsp3) is 0.444. The number of rotatable bonds is 9. The van der Waals surface area contributed by atoms with Gasteiger partial charge < -0.3 is 10.6 Å². The van der Waals surface area contributed by atoms with E-state index in [0.29, 0.717) is 12.0 Å². The van der Waals surface area contributed by atoms with Crippen molar-refractivity contribution in [1.29, 1.82) is 0 Å². The molecule has 0 saturated carbocycles. The lowest BCUT2D eigenvalue weighted by molar-refractivity contribution is 0.492. The molecule has 0 saturated heterocycles. The highest BCUT2D eigenvalue weighted by Crippen LogP contribution is 2.18. The van der Waals surface area contributed by atoms with Crippen LogP contribution in [0.5, 0.6) is 0 Å². The highest BCUT2D eigenvalue weighted by molar-refractivity contribution is 5.24. The van der Waals surface area contributed by atoms with Gasteiger partial charge in [0.1, 0.15) is 0 Å². The van der Waals surface area contributed by atoms with Crippen molar-refractivity contribution in [2.24, 2.45) is 0 Å². The van der Waals surface area contributed by atoms with Crippen molar-refractivity contribution < 1.29 is 0 Å². The summed E-state index contributed by atoms with van der Waals surface area (Å²) in [4.78, 5) is 8.70. The van der Waals surface area contributed by atoms with Gasteiger partial charge in [-0.15, -0.1) is 0 Å². The molecule has 1 heterocycles. The van der Waals surface area contributed by atoms with Gasteiger partial charge in [-0.2, -0.15) is 0 Å². The third-order valence-electron chi connectivity index (χ3n) is 3.57. The van der Waals surface area contributed by atoms with E-state index < -0.39 is 0 Å². The van der Waals surface area contributed by atoms with Crippen LogP contribution < -0.4 is 10.6 Å². The largest absolute Gasteiger partial charge is 0.354 e. The average molecular weight is 298 g/mol. The van der Waals surface area contributed by atoms with E-state index in [1.165, 1.54) is 5.56 Å². The molecule has 0 aliphatic heterocycles. The minimum absolute atomic E-state index is 0.379. The molecule has 2 aromatic rings. The topological polar surface area (TPSA) is 49.8 Å². The fourth-order valence-electron chi connectivity index (χ4n) is 2.38. The number of anilines is 1. The lowest BCUT2D eigenvalue weighted by Gasteiger charge is -2.18. The maximum atomic E-state index is 4.35. The molecule has 118 valence electrons. The van der Waals surface area contributed by atoms with Crippen LogP contribution in [-0.2, 0) is 6.54 Å². The van der Waals surface area contributed by atoms with Crippen LogP contribution >= 0.6 is 0 Å². The summed E-state index contributed by atoms with van der Waals surface area (Å²) in [7, 11) is 0. The molecule has 2 rings (SSSR count). The van der Waals surface area contributed by atoms with Gasteiger partial charge in [-0.05, 0) is 18.4 Å². The van der Waals surface area contributed by atoms with Crippen molar-refractivity contribution >= 4 is 5.95 Å². The summed E-state index contributed by atoms with van der Waals surface area (Å²) < 4.78 is 0. The first-order valence-electron chi connectivity index (χ1n) is 8.16. The van der Waals surface area contributed by atoms with Gasteiger partial charge >= 0.3 is 0 Å². The van der Waals surface area contributed by atoms with Gasteiger partial charge in [0.25, 0.3) is 0 Å². The van der Waals surface area contributed by atoms with Crippen LogP contribution in [0.4, 0.5) is 5.95 Å². The van der Waals surface area contributed by atoms with Crippen molar-refractivity contribution in [2.45, 2.75) is 45.7 Å². The molecule has 0 radical (unpaired) electrons. The van der Waals surface area contributed by atoms with E-state index in [4.69, 9.17) is 0 Å². The predicted octanol–water partition coefficient (Wildman–Crippen LogP) is 3.93. The minimum Gasteiger partial charge on any atom is -0.354 e. The molecule has 0 unspecified atom stereocenters. The summed E-state index contributed by atoms with van der Waals surface area (Å²) in [6, 6.07) is 11.0. The van der Waals surface area contributed by atoms with Crippen molar-refractivity contribution in [3.05, 3.63) is 53.9 Å². The highest BCUT2D eigenvalue weighted by atomic mass is 15.1. The second-order valence-electron chi connectivity index (χ2n) is 5.47. The molecule has 0 aliphatic rings. The third kappa shape index (κ3) is 5.11. The van der Waals surface area contributed by atoms with Gasteiger partial charge in [0.2, 0.25) is 5.95 Å². The molecule has 0 amide bonds. The second-order valence-corrected chi connectivity index (χ2v) is 5.47. The van der Waals surface area contributed by atoms with E-state index in [1.54, 1.807) is 0 Å².